The second-order valence-electron chi connectivity index (χ2n) is 5.45. The standard InChI is InChI=1S/C15H18N6O2/c1-11-17-18-19-21(11)14(12-6-3-2-4-7-12)15(23)20-9-5-8-16-13(22)10-20/h2-4,6-7,14H,5,8-10H2,1H3,(H,16,22)/t14-/m0/s1. The maximum atomic E-state index is 13.1. The quantitative estimate of drug-likeness (QED) is 0.855. The van der Waals surface area contributed by atoms with Gasteiger partial charge < -0.3 is 10.2 Å². The molecule has 1 aliphatic heterocycles. The molecule has 1 atom stereocenters. The van der Waals surface area contributed by atoms with Crippen molar-refractivity contribution in [2.24, 2.45) is 0 Å². The van der Waals surface area contributed by atoms with Gasteiger partial charge in [-0.15, -0.1) is 5.10 Å². The smallest absolute Gasteiger partial charge is 0.252 e. The molecule has 3 rings (SSSR count). The van der Waals surface area contributed by atoms with Crippen molar-refractivity contribution >= 4 is 11.8 Å². The van der Waals surface area contributed by atoms with Gasteiger partial charge in [0.2, 0.25) is 5.91 Å². The zero-order chi connectivity index (χ0) is 16.2. The fourth-order valence-corrected chi connectivity index (χ4v) is 2.67. The molecule has 120 valence electrons. The average molecular weight is 314 g/mol. The Bertz CT molecular complexity index is 699. The highest BCUT2D eigenvalue weighted by Gasteiger charge is 2.31. The Balaban J connectivity index is 1.96. The van der Waals surface area contributed by atoms with Crippen LogP contribution in [0.15, 0.2) is 30.3 Å². The third-order valence-corrected chi connectivity index (χ3v) is 3.82. The van der Waals surface area contributed by atoms with E-state index in [1.807, 2.05) is 30.3 Å². The summed E-state index contributed by atoms with van der Waals surface area (Å²) in [6, 6.07) is 8.67. The second-order valence-corrected chi connectivity index (χ2v) is 5.45. The third kappa shape index (κ3) is 3.20. The molecule has 23 heavy (non-hydrogen) atoms. The van der Waals surface area contributed by atoms with E-state index in [1.54, 1.807) is 11.8 Å². The molecule has 0 unspecified atom stereocenters. The molecule has 1 saturated heterocycles. The number of carbonyl (C=O) groups excluding carboxylic acids is 2. The Morgan fingerprint density at radius 3 is 2.78 bits per heavy atom. The van der Waals surface area contributed by atoms with Gasteiger partial charge in [-0.05, 0) is 29.3 Å². The van der Waals surface area contributed by atoms with Gasteiger partial charge in [0.25, 0.3) is 5.91 Å². The molecule has 0 spiro atoms. The largest absolute Gasteiger partial charge is 0.354 e. The second kappa shape index (κ2) is 6.55. The fourth-order valence-electron chi connectivity index (χ4n) is 2.67. The maximum Gasteiger partial charge on any atom is 0.252 e. The molecule has 2 amide bonds. The predicted molar refractivity (Wildman–Crippen MR) is 81.3 cm³/mol. The molecule has 1 fully saturated rings. The van der Waals surface area contributed by atoms with Crippen molar-refractivity contribution in [3.05, 3.63) is 41.7 Å². The van der Waals surface area contributed by atoms with E-state index in [-0.39, 0.29) is 18.4 Å². The zero-order valence-electron chi connectivity index (χ0n) is 12.8. The van der Waals surface area contributed by atoms with Crippen molar-refractivity contribution in [2.75, 3.05) is 19.6 Å². The van der Waals surface area contributed by atoms with Gasteiger partial charge in [-0.2, -0.15) is 0 Å². The van der Waals surface area contributed by atoms with Crippen molar-refractivity contribution in [1.82, 2.24) is 30.4 Å². The van der Waals surface area contributed by atoms with Gasteiger partial charge in [0.15, 0.2) is 6.04 Å². The summed E-state index contributed by atoms with van der Waals surface area (Å²) in [6.45, 7) is 2.92. The van der Waals surface area contributed by atoms with Gasteiger partial charge in [0.05, 0.1) is 6.54 Å². The van der Waals surface area contributed by atoms with Crippen molar-refractivity contribution in [3.8, 4) is 0 Å². The van der Waals surface area contributed by atoms with E-state index in [4.69, 9.17) is 0 Å². The molecular formula is C15H18N6O2. The summed E-state index contributed by atoms with van der Waals surface area (Å²) in [4.78, 5) is 26.4. The Morgan fingerprint density at radius 2 is 2.09 bits per heavy atom. The van der Waals surface area contributed by atoms with Crippen LogP contribution in [0.3, 0.4) is 0 Å². The molecule has 2 aromatic rings. The number of nitrogens with zero attached hydrogens (tertiary/aromatic N) is 5. The molecule has 8 heteroatoms. The molecule has 1 aromatic heterocycles. The minimum Gasteiger partial charge on any atom is -0.354 e. The normalized spacial score (nSPS) is 16.6. The monoisotopic (exact) mass is 314 g/mol. The topological polar surface area (TPSA) is 93.0 Å². The van der Waals surface area contributed by atoms with Crippen LogP contribution < -0.4 is 5.32 Å². The Kier molecular flexibility index (Phi) is 4.31. The van der Waals surface area contributed by atoms with Crippen molar-refractivity contribution in [2.45, 2.75) is 19.4 Å². The van der Waals surface area contributed by atoms with E-state index in [9.17, 15) is 9.59 Å². The number of benzene rings is 1. The van der Waals surface area contributed by atoms with Crippen LogP contribution in [0.1, 0.15) is 23.9 Å². The number of tetrazole rings is 1. The van der Waals surface area contributed by atoms with Crippen LogP contribution in [0.25, 0.3) is 0 Å². The summed E-state index contributed by atoms with van der Waals surface area (Å²) in [7, 11) is 0. The lowest BCUT2D eigenvalue weighted by molar-refractivity contribution is -0.137. The number of amides is 2. The number of hydrogen-bond acceptors (Lipinski definition) is 5. The highest BCUT2D eigenvalue weighted by molar-refractivity contribution is 5.88. The molecule has 0 bridgehead atoms. The van der Waals surface area contributed by atoms with Gasteiger partial charge in [0.1, 0.15) is 5.82 Å². The van der Waals surface area contributed by atoms with Crippen LogP contribution >= 0.6 is 0 Å². The van der Waals surface area contributed by atoms with Gasteiger partial charge in [-0.3, -0.25) is 9.59 Å². The minimum absolute atomic E-state index is 0.0589. The van der Waals surface area contributed by atoms with Gasteiger partial charge in [-0.1, -0.05) is 30.3 Å². The molecule has 1 N–H and O–H groups in total. The Labute approximate surface area is 133 Å². The van der Waals surface area contributed by atoms with Crippen LogP contribution in [-0.2, 0) is 9.59 Å². The summed E-state index contributed by atoms with van der Waals surface area (Å²) >= 11 is 0. The van der Waals surface area contributed by atoms with Crippen molar-refractivity contribution in [1.29, 1.82) is 0 Å². The maximum absolute atomic E-state index is 13.1. The molecule has 0 aliphatic carbocycles. The highest BCUT2D eigenvalue weighted by Crippen LogP contribution is 2.21. The van der Waals surface area contributed by atoms with Crippen molar-refractivity contribution in [3.63, 3.8) is 0 Å². The lowest BCUT2D eigenvalue weighted by Crippen LogP contribution is -2.42. The van der Waals surface area contributed by atoms with Crippen LogP contribution in [-0.4, -0.2) is 56.6 Å². The van der Waals surface area contributed by atoms with E-state index in [1.165, 1.54) is 4.68 Å². The van der Waals surface area contributed by atoms with Gasteiger partial charge in [-0.25, -0.2) is 4.68 Å². The SMILES string of the molecule is Cc1nnnn1[C@H](C(=O)N1CCCNC(=O)C1)c1ccccc1. The van der Waals surface area contributed by atoms with E-state index in [0.29, 0.717) is 18.9 Å². The number of hydrogen-bond donors (Lipinski definition) is 1. The van der Waals surface area contributed by atoms with Crippen LogP contribution in [0, 0.1) is 6.92 Å². The van der Waals surface area contributed by atoms with E-state index < -0.39 is 6.04 Å². The first-order chi connectivity index (χ1) is 11.2. The number of carbonyl (C=O) groups is 2. The average Bonchev–Trinajstić information content (AvgIpc) is 2.84. The fraction of sp³-hybridized carbons (Fsp3) is 0.400. The lowest BCUT2D eigenvalue weighted by Gasteiger charge is -2.25. The first kappa shape index (κ1) is 15.1. The predicted octanol–water partition coefficient (Wildman–Crippen LogP) is -0.0806. The molecule has 1 aromatic carbocycles. The first-order valence-corrected chi connectivity index (χ1v) is 7.51. The van der Waals surface area contributed by atoms with Crippen LogP contribution in [0.4, 0.5) is 0 Å². The summed E-state index contributed by atoms with van der Waals surface area (Å²) in [5, 5.41) is 14.3. The molecule has 0 saturated carbocycles. The van der Waals surface area contributed by atoms with E-state index in [0.717, 1.165) is 12.0 Å². The number of nitrogens with one attached hydrogen (secondary N) is 1. The number of rotatable bonds is 3. The number of aryl methyl sites for hydroxylation is 1. The van der Waals surface area contributed by atoms with Crippen molar-refractivity contribution < 1.29 is 9.59 Å². The minimum atomic E-state index is -0.669. The van der Waals surface area contributed by atoms with Crippen LogP contribution in [0.5, 0.6) is 0 Å². The highest BCUT2D eigenvalue weighted by atomic mass is 16.2. The Morgan fingerprint density at radius 1 is 1.30 bits per heavy atom. The first-order valence-electron chi connectivity index (χ1n) is 7.51. The molecule has 1 aliphatic rings. The van der Waals surface area contributed by atoms with Gasteiger partial charge >= 0.3 is 0 Å². The molecule has 2 heterocycles. The lowest BCUT2D eigenvalue weighted by atomic mass is 10.1. The van der Waals surface area contributed by atoms with E-state index in [2.05, 4.69) is 20.8 Å². The summed E-state index contributed by atoms with van der Waals surface area (Å²) in [6.07, 6.45) is 0.730. The summed E-state index contributed by atoms with van der Waals surface area (Å²) < 4.78 is 1.50. The summed E-state index contributed by atoms with van der Waals surface area (Å²) in [5.74, 6) is 0.228. The Hall–Kier alpha value is -2.77. The third-order valence-electron chi connectivity index (χ3n) is 3.82. The zero-order valence-corrected chi connectivity index (χ0v) is 12.8. The molecular weight excluding hydrogens is 296 g/mol. The molecule has 8 nitrogen and oxygen atoms in total. The van der Waals surface area contributed by atoms with Gasteiger partial charge in [0, 0.05) is 13.1 Å². The van der Waals surface area contributed by atoms with E-state index >= 15 is 0 Å². The molecule has 0 radical (unpaired) electrons. The number of aromatic nitrogens is 4. The summed E-state index contributed by atoms with van der Waals surface area (Å²) in [5.41, 5.74) is 0.789. The van der Waals surface area contributed by atoms with Crippen LogP contribution in [0.2, 0.25) is 0 Å².